The monoisotopic (exact) mass is 305 g/mol. The minimum absolute atomic E-state index is 0.307. The molecule has 0 aromatic carbocycles. The summed E-state index contributed by atoms with van der Waals surface area (Å²) in [7, 11) is 0. The van der Waals surface area contributed by atoms with E-state index in [9.17, 15) is 4.39 Å². The third-order valence-corrected chi connectivity index (χ3v) is 6.08. The van der Waals surface area contributed by atoms with E-state index in [0.717, 1.165) is 30.6 Å². The summed E-state index contributed by atoms with van der Waals surface area (Å²) in [5, 5.41) is 8.53. The minimum atomic E-state index is -0.587. The van der Waals surface area contributed by atoms with Crippen LogP contribution in [0.4, 0.5) is 4.39 Å². The van der Waals surface area contributed by atoms with Crippen molar-refractivity contribution in [3.05, 3.63) is 11.9 Å². The molecule has 0 aromatic rings. The molecule has 0 bridgehead atoms. The van der Waals surface area contributed by atoms with Gasteiger partial charge in [-0.25, -0.2) is 0 Å². The van der Waals surface area contributed by atoms with Crippen molar-refractivity contribution < 1.29 is 4.39 Å². The fourth-order valence-corrected chi connectivity index (χ4v) is 4.66. The van der Waals surface area contributed by atoms with Crippen LogP contribution in [-0.4, -0.2) is 0 Å². The fourth-order valence-electron chi connectivity index (χ4n) is 4.66. The summed E-state index contributed by atoms with van der Waals surface area (Å²) in [4.78, 5) is 0. The van der Waals surface area contributed by atoms with Gasteiger partial charge in [-0.2, -0.15) is 9.65 Å². The molecule has 0 heterocycles. The van der Waals surface area contributed by atoms with Crippen LogP contribution in [0.2, 0.25) is 0 Å². The van der Waals surface area contributed by atoms with Crippen molar-refractivity contribution in [2.75, 3.05) is 0 Å². The number of allylic oxidation sites excluding steroid dienone is 2. The SMILES string of the molecule is CCCCC[C@H]1CC[C@H]([C@H]2CC[C@H](C=C(F)C#N)CC2)CC1. The quantitative estimate of drug-likeness (QED) is 0.403. The van der Waals surface area contributed by atoms with Gasteiger partial charge in [0.25, 0.3) is 0 Å². The van der Waals surface area contributed by atoms with Crippen molar-refractivity contribution in [2.45, 2.75) is 84.0 Å². The molecular formula is C20H32FN. The van der Waals surface area contributed by atoms with Crippen LogP contribution in [0.5, 0.6) is 0 Å². The van der Waals surface area contributed by atoms with Crippen LogP contribution in [0.15, 0.2) is 11.9 Å². The van der Waals surface area contributed by atoms with E-state index in [-0.39, 0.29) is 0 Å². The Morgan fingerprint density at radius 2 is 1.59 bits per heavy atom. The molecule has 0 spiro atoms. The van der Waals surface area contributed by atoms with Gasteiger partial charge in [0, 0.05) is 0 Å². The van der Waals surface area contributed by atoms with E-state index in [1.165, 1.54) is 64.2 Å². The maximum Gasteiger partial charge on any atom is 0.196 e. The normalized spacial score (nSPS) is 33.4. The Balaban J connectivity index is 1.67. The Morgan fingerprint density at radius 3 is 2.14 bits per heavy atom. The first-order valence-corrected chi connectivity index (χ1v) is 9.50. The fraction of sp³-hybridized carbons (Fsp3) is 0.850. The lowest BCUT2D eigenvalue weighted by atomic mass is 9.68. The molecule has 1 nitrogen and oxygen atoms in total. The van der Waals surface area contributed by atoms with E-state index < -0.39 is 5.83 Å². The summed E-state index contributed by atoms with van der Waals surface area (Å²) in [6.07, 6.45) is 17.5. The number of nitriles is 1. The highest BCUT2D eigenvalue weighted by Gasteiger charge is 2.30. The van der Waals surface area contributed by atoms with Gasteiger partial charge in [-0.1, -0.05) is 45.4 Å². The second-order valence-electron chi connectivity index (χ2n) is 7.58. The zero-order chi connectivity index (χ0) is 15.8. The van der Waals surface area contributed by atoms with Crippen LogP contribution < -0.4 is 0 Å². The van der Waals surface area contributed by atoms with Gasteiger partial charge >= 0.3 is 0 Å². The molecule has 2 rings (SSSR count). The molecule has 2 fully saturated rings. The van der Waals surface area contributed by atoms with Crippen molar-refractivity contribution in [2.24, 2.45) is 23.7 Å². The average molecular weight is 305 g/mol. The van der Waals surface area contributed by atoms with Gasteiger partial charge in [-0.3, -0.25) is 0 Å². The van der Waals surface area contributed by atoms with E-state index >= 15 is 0 Å². The van der Waals surface area contributed by atoms with Crippen LogP contribution in [0, 0.1) is 35.0 Å². The predicted octanol–water partition coefficient (Wildman–Crippen LogP) is 6.56. The summed E-state index contributed by atoms with van der Waals surface area (Å²) < 4.78 is 13.0. The first kappa shape index (κ1) is 17.5. The standard InChI is InChI=1S/C20H32FN/c1-2-3-4-5-16-6-10-18(11-7-16)19-12-8-17(9-13-19)14-20(21)15-22/h14,16-19H,2-13H2,1H3/t16-,17-,18-,19-. The average Bonchev–Trinajstić information content (AvgIpc) is 2.56. The molecule has 2 aliphatic carbocycles. The van der Waals surface area contributed by atoms with Crippen molar-refractivity contribution in [3.8, 4) is 6.07 Å². The molecule has 0 N–H and O–H groups in total. The van der Waals surface area contributed by atoms with Crippen molar-refractivity contribution in [3.63, 3.8) is 0 Å². The third-order valence-electron chi connectivity index (χ3n) is 6.08. The zero-order valence-electron chi connectivity index (χ0n) is 14.2. The summed E-state index contributed by atoms with van der Waals surface area (Å²) in [6.45, 7) is 2.28. The van der Waals surface area contributed by atoms with Crippen molar-refractivity contribution in [1.82, 2.24) is 0 Å². The molecule has 2 aliphatic rings. The Labute approximate surface area is 136 Å². The molecule has 0 aliphatic heterocycles. The Bertz CT molecular complexity index is 379. The maximum absolute atomic E-state index is 13.0. The lowest BCUT2D eigenvalue weighted by Gasteiger charge is -2.37. The first-order valence-electron chi connectivity index (χ1n) is 9.50. The lowest BCUT2D eigenvalue weighted by molar-refractivity contribution is 0.151. The molecule has 2 saturated carbocycles. The Morgan fingerprint density at radius 1 is 1.00 bits per heavy atom. The van der Waals surface area contributed by atoms with E-state index in [0.29, 0.717) is 5.92 Å². The smallest absolute Gasteiger partial charge is 0.195 e. The van der Waals surface area contributed by atoms with Crippen LogP contribution in [0.1, 0.15) is 84.0 Å². The van der Waals surface area contributed by atoms with Gasteiger partial charge < -0.3 is 0 Å². The summed E-state index contributed by atoms with van der Waals surface area (Å²) in [5.74, 6) is 2.50. The van der Waals surface area contributed by atoms with Gasteiger partial charge in [0.05, 0.1) is 0 Å². The molecule has 0 unspecified atom stereocenters. The number of hydrogen-bond donors (Lipinski definition) is 0. The van der Waals surface area contributed by atoms with Crippen LogP contribution in [0.25, 0.3) is 0 Å². The van der Waals surface area contributed by atoms with Gasteiger partial charge in [0.15, 0.2) is 5.83 Å². The molecule has 0 saturated heterocycles. The number of hydrogen-bond acceptors (Lipinski definition) is 1. The summed E-state index contributed by atoms with van der Waals surface area (Å²) in [5.41, 5.74) is 0. The lowest BCUT2D eigenvalue weighted by Crippen LogP contribution is -2.25. The van der Waals surface area contributed by atoms with Gasteiger partial charge in [0.1, 0.15) is 6.07 Å². The molecule has 22 heavy (non-hydrogen) atoms. The molecule has 0 amide bonds. The van der Waals surface area contributed by atoms with Crippen molar-refractivity contribution >= 4 is 0 Å². The summed E-state index contributed by atoms with van der Waals surface area (Å²) in [6, 6.07) is 1.61. The Kier molecular flexibility index (Phi) is 7.43. The second-order valence-corrected chi connectivity index (χ2v) is 7.58. The number of unbranched alkanes of at least 4 members (excludes halogenated alkanes) is 2. The molecule has 2 heteroatoms. The second kappa shape index (κ2) is 9.33. The number of halogens is 1. The highest BCUT2D eigenvalue weighted by molar-refractivity contribution is 5.13. The summed E-state index contributed by atoms with van der Waals surface area (Å²) >= 11 is 0. The zero-order valence-corrected chi connectivity index (χ0v) is 14.2. The number of nitrogens with zero attached hydrogens (tertiary/aromatic N) is 1. The number of rotatable bonds is 6. The van der Waals surface area contributed by atoms with Crippen LogP contribution in [-0.2, 0) is 0 Å². The molecular weight excluding hydrogens is 273 g/mol. The first-order chi connectivity index (χ1) is 10.7. The molecule has 0 aromatic heterocycles. The van der Waals surface area contributed by atoms with E-state index in [2.05, 4.69) is 6.92 Å². The van der Waals surface area contributed by atoms with Crippen LogP contribution in [0.3, 0.4) is 0 Å². The van der Waals surface area contributed by atoms with Crippen LogP contribution >= 0.6 is 0 Å². The third kappa shape index (κ3) is 5.41. The van der Waals surface area contributed by atoms with E-state index in [1.54, 1.807) is 12.1 Å². The predicted molar refractivity (Wildman–Crippen MR) is 89.8 cm³/mol. The largest absolute Gasteiger partial charge is 0.196 e. The topological polar surface area (TPSA) is 23.8 Å². The van der Waals surface area contributed by atoms with E-state index in [1.807, 2.05) is 0 Å². The van der Waals surface area contributed by atoms with E-state index in [4.69, 9.17) is 5.26 Å². The minimum Gasteiger partial charge on any atom is -0.195 e. The molecule has 124 valence electrons. The molecule has 0 atom stereocenters. The molecule has 0 radical (unpaired) electrons. The highest BCUT2D eigenvalue weighted by atomic mass is 19.1. The van der Waals surface area contributed by atoms with Gasteiger partial charge in [0.2, 0.25) is 0 Å². The van der Waals surface area contributed by atoms with Crippen molar-refractivity contribution in [1.29, 1.82) is 5.26 Å². The Hall–Kier alpha value is -0.840. The maximum atomic E-state index is 13.0. The highest BCUT2D eigenvalue weighted by Crippen LogP contribution is 2.42. The van der Waals surface area contributed by atoms with Gasteiger partial charge in [-0.05, 0) is 68.3 Å². The van der Waals surface area contributed by atoms with Gasteiger partial charge in [-0.15, -0.1) is 0 Å².